The minimum atomic E-state index is -4.15. The summed E-state index contributed by atoms with van der Waals surface area (Å²) in [5.74, 6) is 0. The predicted octanol–water partition coefficient (Wildman–Crippen LogP) is 0.208. The molecule has 1 N–H and O–H groups in total. The molecular weight excluding hydrogens is 303 g/mol. The van der Waals surface area contributed by atoms with Gasteiger partial charge >= 0.3 is 51.4 Å². The van der Waals surface area contributed by atoms with Crippen LogP contribution in [0.25, 0.3) is 0 Å². The zero-order valence-electron chi connectivity index (χ0n) is 13.1. The van der Waals surface area contributed by atoms with Gasteiger partial charge in [0.15, 0.2) is 0 Å². The van der Waals surface area contributed by atoms with Crippen molar-refractivity contribution >= 4 is 10.1 Å². The van der Waals surface area contributed by atoms with E-state index in [0.29, 0.717) is 12.8 Å². The molecular formula is C14H29KO4S. The summed E-state index contributed by atoms with van der Waals surface area (Å²) in [5.41, 5.74) is 0. The third-order valence-corrected chi connectivity index (χ3v) is 4.76. The number of hydrogen-bond acceptors (Lipinski definition) is 4. The number of aliphatic hydroxyl groups is 1. The molecule has 4 nitrogen and oxygen atoms in total. The van der Waals surface area contributed by atoms with Crippen LogP contribution in [0.5, 0.6) is 0 Å². The molecule has 0 rings (SSSR count). The summed E-state index contributed by atoms with van der Waals surface area (Å²) >= 11 is 0. The summed E-state index contributed by atoms with van der Waals surface area (Å²) in [7, 11) is -4.15. The van der Waals surface area contributed by atoms with E-state index in [2.05, 4.69) is 6.92 Å². The van der Waals surface area contributed by atoms with E-state index in [4.69, 9.17) is 5.11 Å². The molecule has 0 bridgehead atoms. The predicted molar refractivity (Wildman–Crippen MR) is 77.0 cm³/mol. The van der Waals surface area contributed by atoms with Crippen molar-refractivity contribution in [1.29, 1.82) is 0 Å². The number of aliphatic hydroxyl groups excluding tert-OH is 1. The fourth-order valence-electron chi connectivity index (χ4n) is 2.25. The fraction of sp³-hybridized carbons (Fsp3) is 1.00. The quantitative estimate of drug-likeness (QED) is 0.297. The Hall–Kier alpha value is 1.51. The van der Waals surface area contributed by atoms with Crippen molar-refractivity contribution in [3.05, 3.63) is 0 Å². The van der Waals surface area contributed by atoms with Crippen LogP contribution in [0.1, 0.15) is 77.6 Å². The number of unbranched alkanes of at least 4 members (excludes halogenated alkanes) is 7. The molecule has 0 aromatic heterocycles. The third-order valence-electron chi connectivity index (χ3n) is 3.47. The second kappa shape index (κ2) is 15.4. The van der Waals surface area contributed by atoms with Crippen LogP contribution in [0.3, 0.4) is 0 Å². The van der Waals surface area contributed by atoms with E-state index < -0.39 is 15.4 Å². The minimum absolute atomic E-state index is 0. The molecule has 0 aromatic carbocycles. The standard InChI is InChI=1S/C14H30O4S.K/c1-2-3-4-5-8-11-14(19(16,17)18)12-9-6-7-10-13-15;/h14-15H,2-13H2,1H3,(H,16,17,18);/q;+1/p-1. The first kappa shape index (κ1) is 23.8. The maximum atomic E-state index is 11.2. The van der Waals surface area contributed by atoms with E-state index in [1.807, 2.05) is 0 Å². The van der Waals surface area contributed by atoms with E-state index >= 15 is 0 Å². The van der Waals surface area contributed by atoms with Crippen molar-refractivity contribution in [2.24, 2.45) is 0 Å². The van der Waals surface area contributed by atoms with Crippen LogP contribution in [0.4, 0.5) is 0 Å². The molecule has 0 aliphatic heterocycles. The van der Waals surface area contributed by atoms with Crippen LogP contribution >= 0.6 is 0 Å². The molecule has 0 aromatic rings. The molecule has 0 aliphatic rings. The molecule has 0 fully saturated rings. The Morgan fingerprint density at radius 3 is 1.75 bits per heavy atom. The summed E-state index contributed by atoms with van der Waals surface area (Å²) in [6.45, 7) is 2.32. The van der Waals surface area contributed by atoms with Gasteiger partial charge in [0.2, 0.25) is 0 Å². The van der Waals surface area contributed by atoms with E-state index in [1.165, 1.54) is 6.42 Å². The largest absolute Gasteiger partial charge is 1.00 e. The van der Waals surface area contributed by atoms with Crippen molar-refractivity contribution in [3.63, 3.8) is 0 Å². The molecule has 0 saturated heterocycles. The van der Waals surface area contributed by atoms with Gasteiger partial charge in [0, 0.05) is 11.9 Å². The molecule has 0 aliphatic carbocycles. The van der Waals surface area contributed by atoms with Crippen molar-refractivity contribution in [1.82, 2.24) is 0 Å². The summed E-state index contributed by atoms with van der Waals surface area (Å²) in [5, 5.41) is 7.94. The minimum Gasteiger partial charge on any atom is -0.748 e. The normalized spacial score (nSPS) is 12.9. The molecule has 0 heterocycles. The molecule has 0 spiro atoms. The first-order valence-electron chi connectivity index (χ1n) is 7.58. The Balaban J connectivity index is 0. The summed E-state index contributed by atoms with van der Waals surface area (Å²) in [4.78, 5) is 0. The van der Waals surface area contributed by atoms with Crippen molar-refractivity contribution in [2.75, 3.05) is 6.61 Å². The molecule has 0 saturated carbocycles. The number of rotatable bonds is 13. The van der Waals surface area contributed by atoms with Crippen molar-refractivity contribution < 1.29 is 69.5 Å². The first-order chi connectivity index (χ1) is 9.02. The second-order valence-corrected chi connectivity index (χ2v) is 6.90. The Labute approximate surface area is 167 Å². The van der Waals surface area contributed by atoms with Crippen LogP contribution in [-0.2, 0) is 10.1 Å². The maximum absolute atomic E-state index is 11.2. The Kier molecular flexibility index (Phi) is 18.3. The maximum Gasteiger partial charge on any atom is 1.00 e. The van der Waals surface area contributed by atoms with Gasteiger partial charge < -0.3 is 9.66 Å². The van der Waals surface area contributed by atoms with Crippen LogP contribution in [-0.4, -0.2) is 29.9 Å². The fourth-order valence-corrected chi connectivity index (χ4v) is 3.16. The molecule has 116 valence electrons. The van der Waals surface area contributed by atoms with Crippen molar-refractivity contribution in [2.45, 2.75) is 82.8 Å². The van der Waals surface area contributed by atoms with Crippen LogP contribution < -0.4 is 51.4 Å². The van der Waals surface area contributed by atoms with E-state index in [-0.39, 0.29) is 58.0 Å². The molecule has 1 unspecified atom stereocenters. The van der Waals surface area contributed by atoms with Crippen molar-refractivity contribution in [3.8, 4) is 0 Å². The summed E-state index contributed by atoms with van der Waals surface area (Å²) in [6, 6.07) is 0. The molecule has 0 radical (unpaired) electrons. The average Bonchev–Trinajstić information content (AvgIpc) is 2.34. The third kappa shape index (κ3) is 14.4. The number of hydrogen-bond donors (Lipinski definition) is 1. The SMILES string of the molecule is CCCCCCCC(CCCCCCO)S(=O)(=O)[O-].[K+]. The van der Waals surface area contributed by atoms with Gasteiger partial charge in [-0.05, 0) is 19.3 Å². The Morgan fingerprint density at radius 2 is 1.35 bits per heavy atom. The van der Waals surface area contributed by atoms with E-state index in [0.717, 1.165) is 51.4 Å². The molecule has 20 heavy (non-hydrogen) atoms. The average molecular weight is 333 g/mol. The second-order valence-electron chi connectivity index (χ2n) is 5.24. The van der Waals surface area contributed by atoms with Gasteiger partial charge in [-0.2, -0.15) is 0 Å². The summed E-state index contributed by atoms with van der Waals surface area (Å²) < 4.78 is 33.5. The zero-order chi connectivity index (χ0) is 14.6. The molecule has 0 amide bonds. The van der Waals surface area contributed by atoms with Gasteiger partial charge in [-0.3, -0.25) is 0 Å². The zero-order valence-corrected chi connectivity index (χ0v) is 17.1. The van der Waals surface area contributed by atoms with Gasteiger partial charge in [0.1, 0.15) is 0 Å². The van der Waals surface area contributed by atoms with E-state index in [9.17, 15) is 13.0 Å². The Morgan fingerprint density at radius 1 is 0.900 bits per heavy atom. The smallest absolute Gasteiger partial charge is 0.748 e. The van der Waals surface area contributed by atoms with Gasteiger partial charge in [0.05, 0.1) is 10.1 Å². The van der Waals surface area contributed by atoms with Crippen LogP contribution in [0.2, 0.25) is 0 Å². The van der Waals surface area contributed by atoms with Gasteiger partial charge in [0.25, 0.3) is 0 Å². The summed E-state index contributed by atoms with van der Waals surface area (Å²) in [6.07, 6.45) is 9.62. The topological polar surface area (TPSA) is 77.4 Å². The van der Waals surface area contributed by atoms with Gasteiger partial charge in [-0.25, -0.2) is 8.42 Å². The Bertz CT molecular complexity index is 280. The van der Waals surface area contributed by atoms with Gasteiger partial charge in [-0.15, -0.1) is 0 Å². The monoisotopic (exact) mass is 332 g/mol. The van der Waals surface area contributed by atoms with E-state index in [1.54, 1.807) is 0 Å². The molecule has 1 atom stereocenters. The van der Waals surface area contributed by atoms with Crippen LogP contribution in [0.15, 0.2) is 0 Å². The molecule has 6 heteroatoms. The van der Waals surface area contributed by atoms with Crippen LogP contribution in [0, 0.1) is 0 Å². The first-order valence-corrected chi connectivity index (χ1v) is 9.05. The van der Waals surface area contributed by atoms with Gasteiger partial charge in [-0.1, -0.05) is 58.3 Å².